The predicted octanol–water partition coefficient (Wildman–Crippen LogP) is 2.77. The van der Waals surface area contributed by atoms with Crippen molar-refractivity contribution in [3.63, 3.8) is 0 Å². The standard InChI is InChI=1S/C15H11F2N3O/c16-11-2-1-3-12(17)10(11)7-18-15(21)9-4-5-13-14(6-9)20-8-19-13/h1-6,8H,7H2,(H,18,21)(H,19,20). The van der Waals surface area contributed by atoms with Crippen molar-refractivity contribution in [1.29, 1.82) is 0 Å². The lowest BCUT2D eigenvalue weighted by Crippen LogP contribution is -2.23. The Bertz CT molecular complexity index is 793. The quantitative estimate of drug-likeness (QED) is 0.778. The fraction of sp³-hybridized carbons (Fsp3) is 0.0667. The first-order valence-electron chi connectivity index (χ1n) is 6.29. The number of hydrogen-bond acceptors (Lipinski definition) is 2. The molecule has 6 heteroatoms. The molecule has 106 valence electrons. The van der Waals surface area contributed by atoms with Crippen LogP contribution in [0.4, 0.5) is 8.78 Å². The summed E-state index contributed by atoms with van der Waals surface area (Å²) in [6, 6.07) is 8.53. The first-order chi connectivity index (χ1) is 10.1. The molecule has 0 saturated heterocycles. The molecule has 1 aromatic heterocycles. The third-order valence-electron chi connectivity index (χ3n) is 3.17. The van der Waals surface area contributed by atoms with Crippen molar-refractivity contribution in [1.82, 2.24) is 15.3 Å². The van der Waals surface area contributed by atoms with E-state index in [-0.39, 0.29) is 12.1 Å². The summed E-state index contributed by atoms with van der Waals surface area (Å²) in [5, 5.41) is 2.50. The molecule has 0 radical (unpaired) electrons. The van der Waals surface area contributed by atoms with E-state index < -0.39 is 17.5 Å². The van der Waals surface area contributed by atoms with Crippen LogP contribution < -0.4 is 5.32 Å². The SMILES string of the molecule is O=C(NCc1c(F)cccc1F)c1ccc2nc[nH]c2c1. The number of carbonyl (C=O) groups is 1. The molecule has 21 heavy (non-hydrogen) atoms. The number of H-pyrrole nitrogens is 1. The summed E-state index contributed by atoms with van der Waals surface area (Å²) in [6.45, 7) is -0.210. The summed E-state index contributed by atoms with van der Waals surface area (Å²) in [5.74, 6) is -1.77. The molecule has 3 aromatic rings. The van der Waals surface area contributed by atoms with Crippen LogP contribution in [0.1, 0.15) is 15.9 Å². The molecular weight excluding hydrogens is 276 g/mol. The maximum absolute atomic E-state index is 13.5. The number of aromatic amines is 1. The normalized spacial score (nSPS) is 10.8. The van der Waals surface area contributed by atoms with E-state index >= 15 is 0 Å². The highest BCUT2D eigenvalue weighted by Crippen LogP contribution is 2.14. The number of fused-ring (bicyclic) bond motifs is 1. The third kappa shape index (κ3) is 2.60. The van der Waals surface area contributed by atoms with E-state index in [2.05, 4.69) is 15.3 Å². The van der Waals surface area contributed by atoms with Gasteiger partial charge in [0.2, 0.25) is 0 Å². The number of halogens is 2. The molecule has 2 N–H and O–H groups in total. The van der Waals surface area contributed by atoms with Gasteiger partial charge in [0.15, 0.2) is 0 Å². The lowest BCUT2D eigenvalue weighted by atomic mass is 10.1. The second-order valence-corrected chi connectivity index (χ2v) is 4.52. The maximum atomic E-state index is 13.5. The van der Waals surface area contributed by atoms with Gasteiger partial charge in [-0.05, 0) is 30.3 Å². The van der Waals surface area contributed by atoms with Gasteiger partial charge in [-0.15, -0.1) is 0 Å². The molecule has 0 aliphatic carbocycles. The van der Waals surface area contributed by atoms with E-state index in [9.17, 15) is 13.6 Å². The average Bonchev–Trinajstić information content (AvgIpc) is 2.93. The van der Waals surface area contributed by atoms with E-state index in [4.69, 9.17) is 0 Å². The van der Waals surface area contributed by atoms with Gasteiger partial charge < -0.3 is 10.3 Å². The molecule has 0 atom stereocenters. The van der Waals surface area contributed by atoms with Crippen LogP contribution in [0.3, 0.4) is 0 Å². The molecular formula is C15H11F2N3O. The summed E-state index contributed by atoms with van der Waals surface area (Å²) in [7, 11) is 0. The van der Waals surface area contributed by atoms with E-state index in [1.807, 2.05) is 0 Å². The molecule has 0 aliphatic rings. The first-order valence-corrected chi connectivity index (χ1v) is 6.29. The van der Waals surface area contributed by atoms with Gasteiger partial charge in [0.05, 0.1) is 17.4 Å². The van der Waals surface area contributed by atoms with Gasteiger partial charge in [0, 0.05) is 17.7 Å². The van der Waals surface area contributed by atoms with Crippen molar-refractivity contribution in [3.8, 4) is 0 Å². The Hall–Kier alpha value is -2.76. The number of nitrogens with zero attached hydrogens (tertiary/aromatic N) is 1. The Labute approximate surface area is 118 Å². The average molecular weight is 287 g/mol. The van der Waals surface area contributed by atoms with Crippen molar-refractivity contribution >= 4 is 16.9 Å². The van der Waals surface area contributed by atoms with Gasteiger partial charge in [-0.2, -0.15) is 0 Å². The molecule has 2 aromatic carbocycles. The second kappa shape index (κ2) is 5.32. The Morgan fingerprint density at radius 2 is 1.95 bits per heavy atom. The summed E-state index contributed by atoms with van der Waals surface area (Å²) in [6.07, 6.45) is 1.53. The summed E-state index contributed by atoms with van der Waals surface area (Å²) < 4.78 is 26.9. The molecule has 0 bridgehead atoms. The second-order valence-electron chi connectivity index (χ2n) is 4.52. The van der Waals surface area contributed by atoms with Crippen LogP contribution in [0.5, 0.6) is 0 Å². The molecule has 1 amide bonds. The van der Waals surface area contributed by atoms with Crippen molar-refractivity contribution < 1.29 is 13.6 Å². The lowest BCUT2D eigenvalue weighted by Gasteiger charge is -2.07. The van der Waals surface area contributed by atoms with Crippen LogP contribution >= 0.6 is 0 Å². The lowest BCUT2D eigenvalue weighted by molar-refractivity contribution is 0.0950. The van der Waals surface area contributed by atoms with Gasteiger partial charge in [-0.25, -0.2) is 13.8 Å². The van der Waals surface area contributed by atoms with Gasteiger partial charge in [0.25, 0.3) is 5.91 Å². The van der Waals surface area contributed by atoms with E-state index in [0.29, 0.717) is 5.56 Å². The zero-order valence-electron chi connectivity index (χ0n) is 10.9. The Morgan fingerprint density at radius 1 is 1.19 bits per heavy atom. The number of imidazole rings is 1. The molecule has 0 spiro atoms. The molecule has 0 unspecified atom stereocenters. The number of aromatic nitrogens is 2. The summed E-state index contributed by atoms with van der Waals surface area (Å²) in [5.41, 5.74) is 1.70. The largest absolute Gasteiger partial charge is 0.348 e. The number of carbonyl (C=O) groups excluding carboxylic acids is 1. The van der Waals surface area contributed by atoms with E-state index in [1.54, 1.807) is 18.2 Å². The van der Waals surface area contributed by atoms with Crippen molar-refractivity contribution in [2.24, 2.45) is 0 Å². The maximum Gasteiger partial charge on any atom is 0.251 e. The van der Waals surface area contributed by atoms with Crippen LogP contribution in [-0.4, -0.2) is 15.9 Å². The molecule has 1 heterocycles. The number of nitrogens with one attached hydrogen (secondary N) is 2. The molecule has 0 aliphatic heterocycles. The van der Waals surface area contributed by atoms with Gasteiger partial charge in [-0.1, -0.05) is 6.07 Å². The first kappa shape index (κ1) is 13.2. The van der Waals surface area contributed by atoms with Crippen molar-refractivity contribution in [2.45, 2.75) is 6.54 Å². The number of amides is 1. The Kier molecular flexibility index (Phi) is 3.35. The molecule has 4 nitrogen and oxygen atoms in total. The molecule has 0 fully saturated rings. The van der Waals surface area contributed by atoms with Crippen molar-refractivity contribution in [3.05, 3.63) is 65.5 Å². The summed E-state index contributed by atoms with van der Waals surface area (Å²) >= 11 is 0. The number of rotatable bonds is 3. The Morgan fingerprint density at radius 3 is 2.71 bits per heavy atom. The number of benzene rings is 2. The van der Waals surface area contributed by atoms with Gasteiger partial charge in [0.1, 0.15) is 11.6 Å². The fourth-order valence-corrected chi connectivity index (χ4v) is 2.05. The van der Waals surface area contributed by atoms with Crippen LogP contribution in [0, 0.1) is 11.6 Å². The van der Waals surface area contributed by atoms with Crippen LogP contribution in [0.15, 0.2) is 42.7 Å². The van der Waals surface area contributed by atoms with Gasteiger partial charge >= 0.3 is 0 Å². The van der Waals surface area contributed by atoms with Crippen LogP contribution in [0.2, 0.25) is 0 Å². The predicted molar refractivity (Wildman–Crippen MR) is 73.6 cm³/mol. The topological polar surface area (TPSA) is 57.8 Å². The summed E-state index contributed by atoms with van der Waals surface area (Å²) in [4.78, 5) is 19.0. The zero-order chi connectivity index (χ0) is 14.8. The van der Waals surface area contributed by atoms with Crippen LogP contribution in [0.25, 0.3) is 11.0 Å². The fourth-order valence-electron chi connectivity index (χ4n) is 2.05. The van der Waals surface area contributed by atoms with E-state index in [1.165, 1.54) is 12.4 Å². The molecule has 0 saturated carbocycles. The third-order valence-corrected chi connectivity index (χ3v) is 3.17. The molecule has 3 rings (SSSR count). The Balaban J connectivity index is 1.77. The minimum Gasteiger partial charge on any atom is -0.348 e. The van der Waals surface area contributed by atoms with Crippen molar-refractivity contribution in [2.75, 3.05) is 0 Å². The van der Waals surface area contributed by atoms with Crippen LogP contribution in [-0.2, 0) is 6.54 Å². The highest BCUT2D eigenvalue weighted by atomic mass is 19.1. The highest BCUT2D eigenvalue weighted by molar-refractivity contribution is 5.97. The smallest absolute Gasteiger partial charge is 0.251 e. The minimum atomic E-state index is -0.681. The van der Waals surface area contributed by atoms with E-state index in [0.717, 1.165) is 23.2 Å². The zero-order valence-corrected chi connectivity index (χ0v) is 10.9. The minimum absolute atomic E-state index is 0.159. The highest BCUT2D eigenvalue weighted by Gasteiger charge is 2.11. The number of hydrogen-bond donors (Lipinski definition) is 2. The monoisotopic (exact) mass is 287 g/mol. The van der Waals surface area contributed by atoms with Gasteiger partial charge in [-0.3, -0.25) is 4.79 Å².